The van der Waals surface area contributed by atoms with Crippen LogP contribution in [0.1, 0.15) is 43.0 Å². The van der Waals surface area contributed by atoms with Crippen molar-refractivity contribution in [2.75, 3.05) is 12.3 Å². The predicted molar refractivity (Wildman–Crippen MR) is 85.8 cm³/mol. The molecule has 1 saturated carbocycles. The SMILES string of the molecule is CC1CCCC(O)(CNC(=O)c2cc(N)cc(Cl)c2Cl)C1. The van der Waals surface area contributed by atoms with Crippen LogP contribution >= 0.6 is 23.2 Å². The maximum Gasteiger partial charge on any atom is 0.253 e. The highest BCUT2D eigenvalue weighted by Gasteiger charge is 2.33. The average molecular weight is 331 g/mol. The van der Waals surface area contributed by atoms with E-state index in [1.807, 2.05) is 0 Å². The second-order valence-corrected chi connectivity index (χ2v) is 6.76. The van der Waals surface area contributed by atoms with Gasteiger partial charge in [0.2, 0.25) is 0 Å². The molecule has 0 radical (unpaired) electrons. The number of nitrogens with two attached hydrogens (primary N) is 1. The number of nitrogens with one attached hydrogen (secondary N) is 1. The third kappa shape index (κ3) is 4.02. The van der Waals surface area contributed by atoms with E-state index < -0.39 is 5.60 Å². The summed E-state index contributed by atoms with van der Waals surface area (Å²) < 4.78 is 0. The normalized spacial score (nSPS) is 25.6. The molecule has 1 fully saturated rings. The van der Waals surface area contributed by atoms with Gasteiger partial charge in [0.25, 0.3) is 5.91 Å². The van der Waals surface area contributed by atoms with Crippen molar-refractivity contribution in [3.8, 4) is 0 Å². The van der Waals surface area contributed by atoms with Crippen LogP contribution in [0.3, 0.4) is 0 Å². The summed E-state index contributed by atoms with van der Waals surface area (Å²) in [5, 5.41) is 13.7. The van der Waals surface area contributed by atoms with Gasteiger partial charge in [0, 0.05) is 12.2 Å². The zero-order valence-electron chi connectivity index (χ0n) is 12.0. The van der Waals surface area contributed by atoms with Gasteiger partial charge in [-0.2, -0.15) is 0 Å². The second kappa shape index (κ2) is 6.42. The molecule has 1 aromatic rings. The number of hydrogen-bond donors (Lipinski definition) is 3. The highest BCUT2D eigenvalue weighted by atomic mass is 35.5. The van der Waals surface area contributed by atoms with E-state index in [0.717, 1.165) is 12.8 Å². The van der Waals surface area contributed by atoms with Crippen molar-refractivity contribution in [1.29, 1.82) is 0 Å². The fourth-order valence-electron chi connectivity index (χ4n) is 2.91. The zero-order valence-corrected chi connectivity index (χ0v) is 13.5. The third-order valence-corrected chi connectivity index (χ3v) is 4.74. The molecule has 21 heavy (non-hydrogen) atoms. The number of aliphatic hydroxyl groups is 1. The lowest BCUT2D eigenvalue weighted by atomic mass is 9.79. The number of nitrogen functional groups attached to an aromatic ring is 1. The minimum absolute atomic E-state index is 0.173. The van der Waals surface area contributed by atoms with E-state index in [1.54, 1.807) is 0 Å². The summed E-state index contributed by atoms with van der Waals surface area (Å²) in [5.41, 5.74) is 5.44. The molecule has 0 saturated heterocycles. The second-order valence-electron chi connectivity index (χ2n) is 5.97. The number of amides is 1. The van der Waals surface area contributed by atoms with Gasteiger partial charge in [0.1, 0.15) is 0 Å². The molecule has 2 rings (SSSR count). The van der Waals surface area contributed by atoms with Gasteiger partial charge < -0.3 is 16.2 Å². The number of benzene rings is 1. The van der Waals surface area contributed by atoms with E-state index in [1.165, 1.54) is 12.1 Å². The molecule has 0 aliphatic heterocycles. The molecule has 0 aromatic heterocycles. The van der Waals surface area contributed by atoms with Crippen LogP contribution in [0.5, 0.6) is 0 Å². The molecule has 1 aliphatic carbocycles. The van der Waals surface area contributed by atoms with Gasteiger partial charge in [-0.15, -0.1) is 0 Å². The summed E-state index contributed by atoms with van der Waals surface area (Å²) in [6.07, 6.45) is 3.48. The van der Waals surface area contributed by atoms with E-state index in [0.29, 0.717) is 24.4 Å². The van der Waals surface area contributed by atoms with Gasteiger partial charge in [0.05, 0.1) is 21.2 Å². The van der Waals surface area contributed by atoms with Crippen molar-refractivity contribution in [2.24, 2.45) is 5.92 Å². The zero-order chi connectivity index (χ0) is 15.6. The molecule has 4 N–H and O–H groups in total. The minimum atomic E-state index is -0.843. The quantitative estimate of drug-likeness (QED) is 0.744. The molecule has 6 heteroatoms. The summed E-state index contributed by atoms with van der Waals surface area (Å²) in [5.74, 6) is 0.0897. The number of anilines is 1. The van der Waals surface area contributed by atoms with Crippen molar-refractivity contribution < 1.29 is 9.90 Å². The molecular weight excluding hydrogens is 311 g/mol. The molecule has 0 spiro atoms. The number of carbonyl (C=O) groups is 1. The third-order valence-electron chi connectivity index (χ3n) is 3.94. The van der Waals surface area contributed by atoms with Crippen molar-refractivity contribution in [1.82, 2.24) is 5.32 Å². The van der Waals surface area contributed by atoms with Gasteiger partial charge in [-0.25, -0.2) is 0 Å². The van der Waals surface area contributed by atoms with Crippen LogP contribution < -0.4 is 11.1 Å². The van der Waals surface area contributed by atoms with Crippen molar-refractivity contribution in [3.05, 3.63) is 27.7 Å². The van der Waals surface area contributed by atoms with Gasteiger partial charge in [-0.05, 0) is 30.9 Å². The van der Waals surface area contributed by atoms with Gasteiger partial charge >= 0.3 is 0 Å². The first-order chi connectivity index (χ1) is 9.81. The number of hydrogen-bond acceptors (Lipinski definition) is 3. The highest BCUT2D eigenvalue weighted by molar-refractivity contribution is 6.44. The Hall–Kier alpha value is -0.970. The maximum absolute atomic E-state index is 12.2. The Bertz CT molecular complexity index is 551. The first kappa shape index (κ1) is 16.4. The van der Waals surface area contributed by atoms with Crippen molar-refractivity contribution in [3.63, 3.8) is 0 Å². The molecule has 1 amide bonds. The van der Waals surface area contributed by atoms with Crippen LogP contribution in [0.4, 0.5) is 5.69 Å². The topological polar surface area (TPSA) is 75.3 Å². The first-order valence-electron chi connectivity index (χ1n) is 7.06. The smallest absolute Gasteiger partial charge is 0.253 e. The summed E-state index contributed by atoms with van der Waals surface area (Å²) in [6.45, 7) is 2.32. The van der Waals surface area contributed by atoms with E-state index >= 15 is 0 Å². The van der Waals surface area contributed by atoms with Crippen LogP contribution in [0.2, 0.25) is 10.0 Å². The van der Waals surface area contributed by atoms with Crippen molar-refractivity contribution >= 4 is 34.8 Å². The summed E-state index contributed by atoms with van der Waals surface area (Å²) in [6, 6.07) is 2.98. The molecule has 1 aromatic carbocycles. The molecule has 0 bridgehead atoms. The van der Waals surface area contributed by atoms with Crippen molar-refractivity contribution in [2.45, 2.75) is 38.2 Å². The summed E-state index contributed by atoms with van der Waals surface area (Å²) >= 11 is 11.9. The molecule has 116 valence electrons. The van der Waals surface area contributed by atoms with Crippen LogP contribution in [0.25, 0.3) is 0 Å². The lowest BCUT2D eigenvalue weighted by molar-refractivity contribution is -0.0109. The van der Waals surface area contributed by atoms with E-state index in [4.69, 9.17) is 28.9 Å². The number of rotatable bonds is 3. The lowest BCUT2D eigenvalue weighted by Crippen LogP contribution is -2.45. The molecule has 2 atom stereocenters. The maximum atomic E-state index is 12.2. The Morgan fingerprint density at radius 2 is 2.24 bits per heavy atom. The average Bonchev–Trinajstić information content (AvgIpc) is 2.40. The molecule has 2 unspecified atom stereocenters. The standard InChI is InChI=1S/C15H20Cl2N2O2/c1-9-3-2-4-15(21,7-9)8-19-14(20)11-5-10(18)6-12(16)13(11)17/h5-6,9,21H,2-4,7-8,18H2,1H3,(H,19,20). The first-order valence-corrected chi connectivity index (χ1v) is 7.81. The predicted octanol–water partition coefficient (Wildman–Crippen LogP) is 3.25. The fourth-order valence-corrected chi connectivity index (χ4v) is 3.33. The Kier molecular flexibility index (Phi) is 5.02. The largest absolute Gasteiger partial charge is 0.399 e. The Balaban J connectivity index is 2.05. The van der Waals surface area contributed by atoms with Gasteiger partial charge in [0.15, 0.2) is 0 Å². The fraction of sp³-hybridized carbons (Fsp3) is 0.533. The highest BCUT2D eigenvalue weighted by Crippen LogP contribution is 2.32. The number of carbonyl (C=O) groups excluding carboxylic acids is 1. The number of halogens is 2. The monoisotopic (exact) mass is 330 g/mol. The molecule has 1 aliphatic rings. The van der Waals surface area contributed by atoms with Gasteiger partial charge in [-0.1, -0.05) is 43.0 Å². The van der Waals surface area contributed by atoms with Gasteiger partial charge in [-0.3, -0.25) is 4.79 Å². The summed E-state index contributed by atoms with van der Waals surface area (Å²) in [4.78, 5) is 12.2. The van der Waals surface area contributed by atoms with Crippen LogP contribution in [-0.4, -0.2) is 23.2 Å². The van der Waals surface area contributed by atoms with Crippen LogP contribution in [0.15, 0.2) is 12.1 Å². The molecular formula is C15H20Cl2N2O2. The Morgan fingerprint density at radius 1 is 1.52 bits per heavy atom. The Morgan fingerprint density at radius 3 is 2.90 bits per heavy atom. The van der Waals surface area contributed by atoms with E-state index in [-0.39, 0.29) is 28.1 Å². The van der Waals surface area contributed by atoms with Crippen LogP contribution in [-0.2, 0) is 0 Å². The Labute approximate surface area is 134 Å². The van der Waals surface area contributed by atoms with Crippen LogP contribution in [0, 0.1) is 5.92 Å². The lowest BCUT2D eigenvalue weighted by Gasteiger charge is -2.35. The minimum Gasteiger partial charge on any atom is -0.399 e. The van der Waals surface area contributed by atoms with E-state index in [9.17, 15) is 9.90 Å². The molecule has 4 nitrogen and oxygen atoms in total. The van der Waals surface area contributed by atoms with E-state index in [2.05, 4.69) is 12.2 Å². The molecule has 0 heterocycles. The summed E-state index contributed by atoms with van der Waals surface area (Å²) in [7, 11) is 0.